The van der Waals surface area contributed by atoms with Gasteiger partial charge < -0.3 is 10.1 Å². The largest absolute Gasteiger partial charge is 0.379 e. The van der Waals surface area contributed by atoms with Crippen molar-refractivity contribution in [2.75, 3.05) is 26.3 Å². The maximum atomic E-state index is 12.7. The summed E-state index contributed by atoms with van der Waals surface area (Å²) in [6.45, 7) is 5.81. The zero-order valence-electron chi connectivity index (χ0n) is 18.0. The van der Waals surface area contributed by atoms with Crippen molar-refractivity contribution < 1.29 is 17.9 Å². The van der Waals surface area contributed by atoms with E-state index in [0.717, 1.165) is 17.5 Å². The summed E-state index contributed by atoms with van der Waals surface area (Å²) in [5, 5.41) is 3.07. The minimum atomic E-state index is -3.52. The van der Waals surface area contributed by atoms with E-state index in [2.05, 4.69) is 19.2 Å². The number of amides is 1. The van der Waals surface area contributed by atoms with Crippen LogP contribution in [0.15, 0.2) is 65.6 Å². The molecule has 1 unspecified atom stereocenters. The molecule has 0 bridgehead atoms. The Bertz CT molecular complexity index is 980. The summed E-state index contributed by atoms with van der Waals surface area (Å²) in [5.74, 6) is 0.259. The lowest BCUT2D eigenvalue weighted by molar-refractivity contribution is -0.117. The summed E-state index contributed by atoms with van der Waals surface area (Å²) >= 11 is 0. The van der Waals surface area contributed by atoms with Crippen molar-refractivity contribution in [1.29, 1.82) is 0 Å². The van der Waals surface area contributed by atoms with E-state index in [1.54, 1.807) is 30.3 Å². The average Bonchev–Trinajstić information content (AvgIpc) is 2.78. The van der Waals surface area contributed by atoms with Crippen LogP contribution < -0.4 is 5.32 Å². The Hall–Kier alpha value is -2.48. The third-order valence-electron chi connectivity index (χ3n) is 5.14. The zero-order chi connectivity index (χ0) is 22.3. The summed E-state index contributed by atoms with van der Waals surface area (Å²) < 4.78 is 32.1. The summed E-state index contributed by atoms with van der Waals surface area (Å²) in [7, 11) is -3.52. The van der Waals surface area contributed by atoms with Gasteiger partial charge in [0.25, 0.3) is 0 Å². The van der Waals surface area contributed by atoms with Gasteiger partial charge in [-0.15, -0.1) is 0 Å². The molecule has 1 amide bonds. The van der Waals surface area contributed by atoms with E-state index in [-0.39, 0.29) is 16.8 Å². The van der Waals surface area contributed by atoms with Crippen LogP contribution in [0, 0.1) is 5.92 Å². The molecule has 3 rings (SSSR count). The molecule has 6 nitrogen and oxygen atoms in total. The van der Waals surface area contributed by atoms with Gasteiger partial charge in [0.1, 0.15) is 0 Å². The Kier molecular flexibility index (Phi) is 8.01. The maximum Gasteiger partial charge on any atom is 0.244 e. The first-order valence-corrected chi connectivity index (χ1v) is 12.0. The molecule has 1 fully saturated rings. The Labute approximate surface area is 185 Å². The van der Waals surface area contributed by atoms with E-state index in [1.165, 1.54) is 10.4 Å². The number of ether oxygens (including phenoxy) is 1. The summed E-state index contributed by atoms with van der Waals surface area (Å²) in [6.07, 6.45) is 4.03. The third-order valence-corrected chi connectivity index (χ3v) is 7.05. The highest BCUT2D eigenvalue weighted by Crippen LogP contribution is 2.21. The van der Waals surface area contributed by atoms with Gasteiger partial charge in [-0.3, -0.25) is 4.79 Å². The van der Waals surface area contributed by atoms with E-state index in [4.69, 9.17) is 4.74 Å². The zero-order valence-corrected chi connectivity index (χ0v) is 18.8. The monoisotopic (exact) mass is 442 g/mol. The molecule has 2 aromatic rings. The Morgan fingerprint density at radius 1 is 1.06 bits per heavy atom. The van der Waals surface area contributed by atoms with Crippen molar-refractivity contribution >= 4 is 22.0 Å². The molecule has 1 atom stereocenters. The fourth-order valence-corrected chi connectivity index (χ4v) is 4.92. The predicted octanol–water partition coefficient (Wildman–Crippen LogP) is 3.62. The standard InChI is InChI=1S/C24H30N2O4S/c1-19(2)18-23(21-6-4-3-5-7-21)25-24(27)13-10-20-8-11-22(12-9-20)31(28,29)26-14-16-30-17-15-26/h3-13,19,23H,14-18H2,1-2H3,(H,25,27)/b13-10+. The van der Waals surface area contributed by atoms with Crippen LogP contribution in [-0.2, 0) is 19.6 Å². The highest BCUT2D eigenvalue weighted by molar-refractivity contribution is 7.89. The van der Waals surface area contributed by atoms with E-state index in [9.17, 15) is 13.2 Å². The van der Waals surface area contributed by atoms with Crippen LogP contribution in [-0.4, -0.2) is 44.9 Å². The van der Waals surface area contributed by atoms with Crippen molar-refractivity contribution in [2.24, 2.45) is 5.92 Å². The van der Waals surface area contributed by atoms with Gasteiger partial charge in [0.05, 0.1) is 24.2 Å². The number of morpholine rings is 1. The molecule has 31 heavy (non-hydrogen) atoms. The quantitative estimate of drug-likeness (QED) is 0.634. The van der Waals surface area contributed by atoms with Crippen LogP contribution in [0.1, 0.15) is 37.4 Å². The van der Waals surface area contributed by atoms with Crippen molar-refractivity contribution in [2.45, 2.75) is 31.2 Å². The average molecular weight is 443 g/mol. The first-order valence-electron chi connectivity index (χ1n) is 10.6. The smallest absolute Gasteiger partial charge is 0.244 e. The SMILES string of the molecule is CC(C)CC(NC(=O)/C=C/c1ccc(S(=O)(=O)N2CCOCC2)cc1)c1ccccc1. The molecule has 1 aliphatic rings. The van der Waals surface area contributed by atoms with Crippen LogP contribution in [0.25, 0.3) is 6.08 Å². The molecular formula is C24H30N2O4S. The van der Waals surface area contributed by atoms with Crippen molar-refractivity contribution in [3.63, 3.8) is 0 Å². The fourth-order valence-electron chi connectivity index (χ4n) is 3.51. The van der Waals surface area contributed by atoms with Crippen molar-refractivity contribution in [3.05, 3.63) is 71.8 Å². The van der Waals surface area contributed by atoms with Gasteiger partial charge in [-0.25, -0.2) is 8.42 Å². The summed E-state index contributed by atoms with van der Waals surface area (Å²) in [5.41, 5.74) is 1.84. The molecule has 0 aliphatic carbocycles. The molecule has 1 aliphatic heterocycles. The molecule has 0 saturated carbocycles. The number of carbonyl (C=O) groups excluding carboxylic acids is 1. The van der Waals surface area contributed by atoms with E-state index >= 15 is 0 Å². The van der Waals surface area contributed by atoms with Gasteiger partial charge in [-0.05, 0) is 41.7 Å². The van der Waals surface area contributed by atoms with Crippen LogP contribution in [0.4, 0.5) is 0 Å². The lowest BCUT2D eigenvalue weighted by Crippen LogP contribution is -2.40. The number of benzene rings is 2. The Morgan fingerprint density at radius 2 is 1.71 bits per heavy atom. The minimum Gasteiger partial charge on any atom is -0.379 e. The lowest BCUT2D eigenvalue weighted by atomic mass is 9.97. The molecule has 0 aromatic heterocycles. The second-order valence-electron chi connectivity index (χ2n) is 8.02. The lowest BCUT2D eigenvalue weighted by Gasteiger charge is -2.26. The highest BCUT2D eigenvalue weighted by atomic mass is 32.2. The molecule has 1 N–H and O–H groups in total. The maximum absolute atomic E-state index is 12.7. The Morgan fingerprint density at radius 3 is 2.32 bits per heavy atom. The van der Waals surface area contributed by atoms with Gasteiger partial charge in [0.2, 0.25) is 15.9 Å². The molecule has 166 valence electrons. The van der Waals surface area contributed by atoms with E-state index in [1.807, 2.05) is 30.3 Å². The second kappa shape index (κ2) is 10.7. The van der Waals surface area contributed by atoms with Crippen LogP contribution in [0.3, 0.4) is 0 Å². The number of carbonyl (C=O) groups is 1. The molecular weight excluding hydrogens is 412 g/mol. The summed E-state index contributed by atoms with van der Waals surface area (Å²) in [6, 6.07) is 16.4. The number of nitrogens with zero attached hydrogens (tertiary/aromatic N) is 1. The van der Waals surface area contributed by atoms with Crippen LogP contribution >= 0.6 is 0 Å². The highest BCUT2D eigenvalue weighted by Gasteiger charge is 2.26. The number of nitrogens with one attached hydrogen (secondary N) is 1. The topological polar surface area (TPSA) is 75.7 Å². The van der Waals surface area contributed by atoms with Crippen molar-refractivity contribution in [1.82, 2.24) is 9.62 Å². The van der Waals surface area contributed by atoms with Gasteiger partial charge >= 0.3 is 0 Å². The summed E-state index contributed by atoms with van der Waals surface area (Å²) in [4.78, 5) is 12.7. The molecule has 1 heterocycles. The fraction of sp³-hybridized carbons (Fsp3) is 0.375. The van der Waals surface area contributed by atoms with Crippen LogP contribution in [0.2, 0.25) is 0 Å². The first-order chi connectivity index (χ1) is 14.9. The number of hydrogen-bond acceptors (Lipinski definition) is 4. The van der Waals surface area contributed by atoms with Gasteiger partial charge in [-0.1, -0.05) is 56.3 Å². The van der Waals surface area contributed by atoms with Crippen molar-refractivity contribution in [3.8, 4) is 0 Å². The number of hydrogen-bond donors (Lipinski definition) is 1. The van der Waals surface area contributed by atoms with Gasteiger partial charge in [0.15, 0.2) is 0 Å². The van der Waals surface area contributed by atoms with E-state index in [0.29, 0.717) is 32.2 Å². The first kappa shape index (κ1) is 23.2. The molecule has 7 heteroatoms. The number of sulfonamides is 1. The molecule has 0 radical (unpaired) electrons. The van der Waals surface area contributed by atoms with Gasteiger partial charge in [-0.2, -0.15) is 4.31 Å². The van der Waals surface area contributed by atoms with Crippen LogP contribution in [0.5, 0.6) is 0 Å². The Balaban J connectivity index is 1.64. The third kappa shape index (κ3) is 6.50. The normalized spacial score (nSPS) is 16.5. The van der Waals surface area contributed by atoms with Gasteiger partial charge in [0, 0.05) is 19.2 Å². The molecule has 0 spiro atoms. The van der Waals surface area contributed by atoms with E-state index < -0.39 is 10.0 Å². The molecule has 1 saturated heterocycles. The molecule has 2 aromatic carbocycles. The minimum absolute atomic E-state index is 0.0561. The predicted molar refractivity (Wildman–Crippen MR) is 122 cm³/mol. The second-order valence-corrected chi connectivity index (χ2v) is 9.96. The number of rotatable bonds is 8.